The second-order valence-electron chi connectivity index (χ2n) is 4.77. The van der Waals surface area contributed by atoms with Gasteiger partial charge in [0.2, 0.25) is 0 Å². The van der Waals surface area contributed by atoms with E-state index < -0.39 is 0 Å². The molecule has 0 saturated heterocycles. The Morgan fingerprint density at radius 2 is 2.20 bits per heavy atom. The summed E-state index contributed by atoms with van der Waals surface area (Å²) in [6.45, 7) is 1.17. The van der Waals surface area contributed by atoms with Crippen molar-refractivity contribution in [2.24, 2.45) is 4.99 Å². The van der Waals surface area contributed by atoms with E-state index >= 15 is 0 Å². The molecule has 0 heterocycles. The Hall–Kier alpha value is -1.29. The summed E-state index contributed by atoms with van der Waals surface area (Å²) in [7, 11) is 1.70. The predicted molar refractivity (Wildman–Crippen MR) is 90.9 cm³/mol. The summed E-state index contributed by atoms with van der Waals surface area (Å²) in [5, 5.41) is 6.26. The molecule has 0 unspecified atom stereocenters. The van der Waals surface area contributed by atoms with Crippen LogP contribution in [0.15, 0.2) is 29.3 Å². The highest BCUT2D eigenvalue weighted by molar-refractivity contribution is 14.0. The zero-order valence-electron chi connectivity index (χ0n) is 11.4. The first-order chi connectivity index (χ1) is 9.20. The number of aliphatic imine (C=N–C) groups is 1. The zero-order chi connectivity index (χ0) is 13.7. The van der Waals surface area contributed by atoms with Gasteiger partial charge in [0.1, 0.15) is 5.82 Å². The van der Waals surface area contributed by atoms with Gasteiger partial charge in [0, 0.05) is 19.0 Å². The van der Waals surface area contributed by atoms with Gasteiger partial charge in [-0.25, -0.2) is 4.39 Å². The monoisotopic (exact) mass is 387 g/mol. The van der Waals surface area contributed by atoms with Crippen LogP contribution in [-0.4, -0.2) is 26.1 Å². The number of nitrogens with one attached hydrogen (secondary N) is 2. The highest BCUT2D eigenvalue weighted by atomic mass is 127. The summed E-state index contributed by atoms with van der Waals surface area (Å²) in [5.74, 6) is 3.00. The minimum atomic E-state index is -0.182. The second kappa shape index (κ2) is 7.48. The summed E-state index contributed by atoms with van der Waals surface area (Å²) in [5.41, 5.74) is 1.09. The van der Waals surface area contributed by atoms with E-state index in [1.807, 2.05) is 6.07 Å². The molecule has 2 N–H and O–H groups in total. The molecule has 0 radical (unpaired) electrons. The molecule has 1 aliphatic rings. The molecule has 5 heteroatoms. The fourth-order valence-electron chi connectivity index (χ4n) is 2.15. The molecule has 1 aromatic carbocycles. The van der Waals surface area contributed by atoms with Crippen molar-refractivity contribution in [1.82, 2.24) is 10.6 Å². The number of terminal acetylenes is 1. The Bertz CT molecular complexity index is 518. The van der Waals surface area contributed by atoms with Crippen molar-refractivity contribution < 1.29 is 4.39 Å². The Kier molecular flexibility index (Phi) is 6.27. The maximum Gasteiger partial charge on any atom is 0.191 e. The predicted octanol–water partition coefficient (Wildman–Crippen LogP) is 2.27. The molecule has 0 bridgehead atoms. The van der Waals surface area contributed by atoms with Gasteiger partial charge in [0.05, 0.1) is 6.54 Å². The Balaban J connectivity index is 0.00000200. The minimum Gasteiger partial charge on any atom is -0.355 e. The Morgan fingerprint density at radius 1 is 1.45 bits per heavy atom. The molecular weight excluding hydrogens is 368 g/mol. The molecule has 0 aromatic heterocycles. The normalized spacial score (nSPS) is 15.8. The van der Waals surface area contributed by atoms with E-state index in [1.54, 1.807) is 19.2 Å². The highest BCUT2D eigenvalue weighted by Gasteiger charge is 2.44. The third-order valence-corrected chi connectivity index (χ3v) is 3.47. The molecule has 0 aliphatic heterocycles. The van der Waals surface area contributed by atoms with Crippen LogP contribution in [0.3, 0.4) is 0 Å². The van der Waals surface area contributed by atoms with Crippen LogP contribution in [0.1, 0.15) is 18.4 Å². The van der Waals surface area contributed by atoms with E-state index in [-0.39, 0.29) is 35.2 Å². The van der Waals surface area contributed by atoms with Gasteiger partial charge in [0.15, 0.2) is 5.96 Å². The average molecular weight is 387 g/mol. The summed E-state index contributed by atoms with van der Waals surface area (Å²) in [4.78, 5) is 4.09. The maximum atomic E-state index is 13.3. The quantitative estimate of drug-likeness (QED) is 0.360. The fraction of sp³-hybridized carbons (Fsp3) is 0.400. The van der Waals surface area contributed by atoms with Crippen molar-refractivity contribution in [1.29, 1.82) is 0 Å². The third-order valence-electron chi connectivity index (χ3n) is 3.47. The Morgan fingerprint density at radius 3 is 2.75 bits per heavy atom. The van der Waals surface area contributed by atoms with Crippen LogP contribution in [0.25, 0.3) is 0 Å². The topological polar surface area (TPSA) is 36.4 Å². The second-order valence-corrected chi connectivity index (χ2v) is 4.77. The van der Waals surface area contributed by atoms with Gasteiger partial charge < -0.3 is 10.6 Å². The first-order valence-electron chi connectivity index (χ1n) is 6.34. The lowest BCUT2D eigenvalue weighted by atomic mass is 9.96. The molecule has 20 heavy (non-hydrogen) atoms. The lowest BCUT2D eigenvalue weighted by Crippen LogP contribution is -2.41. The summed E-state index contributed by atoms with van der Waals surface area (Å²) in [6, 6.07) is 6.83. The van der Waals surface area contributed by atoms with Crippen LogP contribution in [0.2, 0.25) is 0 Å². The van der Waals surface area contributed by atoms with E-state index in [0.717, 1.165) is 24.9 Å². The van der Waals surface area contributed by atoms with Crippen molar-refractivity contribution in [2.45, 2.75) is 18.3 Å². The van der Waals surface area contributed by atoms with E-state index in [1.165, 1.54) is 6.07 Å². The van der Waals surface area contributed by atoms with Gasteiger partial charge in [-0.1, -0.05) is 18.1 Å². The number of rotatable bonds is 4. The lowest BCUT2D eigenvalue weighted by Gasteiger charge is -2.18. The number of hydrogen-bond acceptors (Lipinski definition) is 1. The molecule has 0 spiro atoms. The van der Waals surface area contributed by atoms with E-state index in [2.05, 4.69) is 21.5 Å². The summed E-state index contributed by atoms with van der Waals surface area (Å²) >= 11 is 0. The van der Waals surface area contributed by atoms with Gasteiger partial charge in [0.25, 0.3) is 0 Å². The summed E-state index contributed by atoms with van der Waals surface area (Å²) in [6.07, 6.45) is 7.33. The number of benzene rings is 1. The number of halogens is 2. The van der Waals surface area contributed by atoms with Gasteiger partial charge in [-0.05, 0) is 30.5 Å². The maximum absolute atomic E-state index is 13.3. The molecule has 0 atom stereocenters. The molecule has 2 rings (SSSR count). The van der Waals surface area contributed by atoms with Crippen molar-refractivity contribution in [3.63, 3.8) is 0 Å². The van der Waals surface area contributed by atoms with Crippen molar-refractivity contribution in [3.8, 4) is 12.3 Å². The first kappa shape index (κ1) is 16.8. The molecule has 1 saturated carbocycles. The van der Waals surface area contributed by atoms with Crippen LogP contribution in [0.5, 0.6) is 0 Å². The van der Waals surface area contributed by atoms with Gasteiger partial charge >= 0.3 is 0 Å². The van der Waals surface area contributed by atoms with Crippen molar-refractivity contribution in [2.75, 3.05) is 20.1 Å². The zero-order valence-corrected chi connectivity index (χ0v) is 13.8. The van der Waals surface area contributed by atoms with E-state index in [4.69, 9.17) is 6.42 Å². The summed E-state index contributed by atoms with van der Waals surface area (Å²) < 4.78 is 13.3. The largest absolute Gasteiger partial charge is 0.355 e. The van der Waals surface area contributed by atoms with Crippen LogP contribution < -0.4 is 10.6 Å². The number of guanidine groups is 1. The molecule has 108 valence electrons. The minimum absolute atomic E-state index is 0. The molecule has 1 aliphatic carbocycles. The van der Waals surface area contributed by atoms with Crippen molar-refractivity contribution >= 4 is 29.9 Å². The van der Waals surface area contributed by atoms with Gasteiger partial charge in [-0.3, -0.25) is 4.99 Å². The van der Waals surface area contributed by atoms with E-state index in [9.17, 15) is 4.39 Å². The van der Waals surface area contributed by atoms with Gasteiger partial charge in [-0.15, -0.1) is 30.4 Å². The Labute approximate surface area is 136 Å². The smallest absolute Gasteiger partial charge is 0.191 e. The SMILES string of the molecule is C#CCNC(=NC)NCC1(c2cccc(F)c2)CC1.I. The van der Waals surface area contributed by atoms with E-state index in [0.29, 0.717) is 12.5 Å². The van der Waals surface area contributed by atoms with Crippen LogP contribution in [0, 0.1) is 18.2 Å². The van der Waals surface area contributed by atoms with Gasteiger partial charge in [-0.2, -0.15) is 0 Å². The molecule has 0 amide bonds. The standard InChI is InChI=1S/C15H18FN3.HI/c1-3-9-18-14(17-2)19-11-15(7-8-15)12-5-4-6-13(16)10-12;/h1,4-6,10H,7-9,11H2,2H3,(H2,17,18,19);1H. The number of nitrogens with zero attached hydrogens (tertiary/aromatic N) is 1. The lowest BCUT2D eigenvalue weighted by molar-refractivity contribution is 0.608. The third kappa shape index (κ3) is 4.10. The van der Waals surface area contributed by atoms with Crippen LogP contribution in [-0.2, 0) is 5.41 Å². The van der Waals surface area contributed by atoms with Crippen molar-refractivity contribution in [3.05, 3.63) is 35.6 Å². The highest BCUT2D eigenvalue weighted by Crippen LogP contribution is 2.47. The molecule has 1 fully saturated rings. The average Bonchev–Trinajstić information content (AvgIpc) is 3.20. The first-order valence-corrected chi connectivity index (χ1v) is 6.34. The molecule has 3 nitrogen and oxygen atoms in total. The fourth-order valence-corrected chi connectivity index (χ4v) is 2.15. The molecular formula is C15H19FIN3. The molecule has 1 aromatic rings. The van der Waals surface area contributed by atoms with Crippen LogP contribution in [0.4, 0.5) is 4.39 Å². The van der Waals surface area contributed by atoms with Crippen LogP contribution >= 0.6 is 24.0 Å². The number of hydrogen-bond donors (Lipinski definition) is 2.